The normalized spacial score (nSPS) is 13.0. The van der Waals surface area contributed by atoms with E-state index >= 15 is 0 Å². The van der Waals surface area contributed by atoms with Gasteiger partial charge in [0.1, 0.15) is 0 Å². The fourth-order valence-electron chi connectivity index (χ4n) is 2.49. The minimum absolute atomic E-state index is 0.0316. The summed E-state index contributed by atoms with van der Waals surface area (Å²) < 4.78 is 6.05. The highest BCUT2D eigenvalue weighted by atomic mass is 32.2. The summed E-state index contributed by atoms with van der Waals surface area (Å²) in [5.41, 5.74) is 0.224. The fourth-order valence-corrected chi connectivity index (χ4v) is 3.43. The number of nitrogens with one attached hydrogen (secondary N) is 1. The number of hydrogen-bond acceptors (Lipinski definition) is 7. The summed E-state index contributed by atoms with van der Waals surface area (Å²) in [6.45, 7) is 7.17. The van der Waals surface area contributed by atoms with E-state index in [2.05, 4.69) is 16.9 Å². The summed E-state index contributed by atoms with van der Waals surface area (Å²) in [4.78, 5) is 41.3. The maximum atomic E-state index is 12.9. The van der Waals surface area contributed by atoms with Crippen molar-refractivity contribution in [1.82, 2.24) is 14.9 Å². The van der Waals surface area contributed by atoms with Crippen LogP contribution in [0.25, 0.3) is 10.9 Å². The number of benzene rings is 1. The van der Waals surface area contributed by atoms with Crippen LogP contribution < -0.4 is 10.9 Å². The van der Waals surface area contributed by atoms with Crippen molar-refractivity contribution < 1.29 is 19.4 Å². The molecule has 150 valence electrons. The Morgan fingerprint density at radius 2 is 2.14 bits per heavy atom. The van der Waals surface area contributed by atoms with E-state index in [4.69, 9.17) is 4.74 Å². The molecule has 1 aromatic heterocycles. The lowest BCUT2D eigenvalue weighted by Crippen LogP contribution is -2.33. The topological polar surface area (TPSA) is 111 Å². The maximum absolute atomic E-state index is 12.9. The average molecular weight is 405 g/mol. The molecule has 0 spiro atoms. The number of methoxy groups -OCH3 is 1. The first-order chi connectivity index (χ1) is 13.3. The Labute approximate surface area is 166 Å². The van der Waals surface area contributed by atoms with Gasteiger partial charge in [0.2, 0.25) is 5.91 Å². The van der Waals surface area contributed by atoms with Gasteiger partial charge in [0.25, 0.3) is 5.56 Å². The Balaban J connectivity index is 2.53. The van der Waals surface area contributed by atoms with E-state index in [0.29, 0.717) is 17.4 Å². The van der Waals surface area contributed by atoms with Crippen LogP contribution in [0.1, 0.15) is 24.2 Å². The van der Waals surface area contributed by atoms with Gasteiger partial charge in [0.15, 0.2) is 5.16 Å². The number of ether oxygens (including phenoxy) is 1. The Morgan fingerprint density at radius 1 is 1.43 bits per heavy atom. The zero-order valence-electron chi connectivity index (χ0n) is 16.0. The van der Waals surface area contributed by atoms with Crippen molar-refractivity contribution in [3.05, 3.63) is 46.8 Å². The summed E-state index contributed by atoms with van der Waals surface area (Å²) >= 11 is 1.10. The minimum Gasteiger partial charge on any atom is -0.465 e. The number of aromatic nitrogens is 2. The molecule has 0 aliphatic carbocycles. The van der Waals surface area contributed by atoms with Crippen molar-refractivity contribution in [2.45, 2.75) is 36.9 Å². The van der Waals surface area contributed by atoms with Gasteiger partial charge in [-0.3, -0.25) is 14.2 Å². The smallest absolute Gasteiger partial charge is 0.337 e. The molecule has 0 aliphatic heterocycles. The number of aliphatic hydroxyl groups excluding tert-OH is 1. The first-order valence-electron chi connectivity index (χ1n) is 8.64. The number of nitrogens with zero attached hydrogens (tertiary/aromatic N) is 2. The predicted octanol–water partition coefficient (Wildman–Crippen LogP) is 1.35. The number of carbonyl (C=O) groups excluding carboxylic acids is 2. The zero-order valence-corrected chi connectivity index (χ0v) is 16.8. The molecule has 2 aromatic rings. The number of carbonyl (C=O) groups is 2. The van der Waals surface area contributed by atoms with Crippen LogP contribution in [0.5, 0.6) is 0 Å². The molecule has 2 atom stereocenters. The number of amides is 1. The summed E-state index contributed by atoms with van der Waals surface area (Å²) in [6.07, 6.45) is 0.789. The van der Waals surface area contributed by atoms with Gasteiger partial charge in [-0.2, -0.15) is 0 Å². The van der Waals surface area contributed by atoms with E-state index in [1.807, 2.05) is 0 Å². The average Bonchev–Trinajstić information content (AvgIpc) is 2.67. The van der Waals surface area contributed by atoms with Gasteiger partial charge in [-0.05, 0) is 32.0 Å². The molecule has 0 radical (unpaired) electrons. The number of rotatable bonds is 8. The van der Waals surface area contributed by atoms with Crippen molar-refractivity contribution in [3.8, 4) is 0 Å². The number of thioether (sulfide) groups is 1. The molecular formula is C19H23N3O5S. The van der Waals surface area contributed by atoms with Gasteiger partial charge in [-0.25, -0.2) is 9.78 Å². The van der Waals surface area contributed by atoms with Gasteiger partial charge < -0.3 is 15.2 Å². The van der Waals surface area contributed by atoms with E-state index in [9.17, 15) is 19.5 Å². The zero-order chi connectivity index (χ0) is 20.8. The van der Waals surface area contributed by atoms with Crippen molar-refractivity contribution in [3.63, 3.8) is 0 Å². The third-order valence-corrected chi connectivity index (χ3v) is 4.95. The van der Waals surface area contributed by atoms with Gasteiger partial charge in [-0.1, -0.05) is 17.8 Å². The number of esters is 1. The highest BCUT2D eigenvalue weighted by Gasteiger charge is 2.20. The van der Waals surface area contributed by atoms with Crippen molar-refractivity contribution in [2.24, 2.45) is 0 Å². The Hall–Kier alpha value is -2.65. The van der Waals surface area contributed by atoms with Crippen LogP contribution in [0.3, 0.4) is 0 Å². The second-order valence-corrected chi connectivity index (χ2v) is 7.48. The molecule has 0 saturated carbocycles. The monoisotopic (exact) mass is 405 g/mol. The van der Waals surface area contributed by atoms with Crippen LogP contribution in [0, 0.1) is 0 Å². The molecule has 0 fully saturated rings. The highest BCUT2D eigenvalue weighted by Crippen LogP contribution is 2.23. The van der Waals surface area contributed by atoms with E-state index in [1.54, 1.807) is 19.9 Å². The lowest BCUT2D eigenvalue weighted by Gasteiger charge is -2.17. The molecule has 1 amide bonds. The molecule has 9 heteroatoms. The van der Waals surface area contributed by atoms with Gasteiger partial charge in [0.05, 0.1) is 41.5 Å². The van der Waals surface area contributed by atoms with Crippen molar-refractivity contribution in [2.75, 3.05) is 13.7 Å². The Bertz CT molecular complexity index is 954. The van der Waals surface area contributed by atoms with Crippen molar-refractivity contribution >= 4 is 34.5 Å². The number of hydrogen-bond donors (Lipinski definition) is 2. The summed E-state index contributed by atoms with van der Waals surface area (Å²) in [7, 11) is 1.27. The second kappa shape index (κ2) is 9.52. The third-order valence-electron chi connectivity index (χ3n) is 3.86. The van der Waals surface area contributed by atoms with E-state index in [0.717, 1.165) is 11.8 Å². The van der Waals surface area contributed by atoms with Gasteiger partial charge >= 0.3 is 5.97 Å². The van der Waals surface area contributed by atoms with Crippen molar-refractivity contribution in [1.29, 1.82) is 0 Å². The lowest BCUT2D eigenvalue weighted by molar-refractivity contribution is -0.120. The predicted molar refractivity (Wildman–Crippen MR) is 108 cm³/mol. The maximum Gasteiger partial charge on any atom is 0.337 e. The molecule has 0 unspecified atom stereocenters. The Kier molecular flexibility index (Phi) is 7.36. The van der Waals surface area contributed by atoms with Crippen LogP contribution in [0.2, 0.25) is 0 Å². The highest BCUT2D eigenvalue weighted by molar-refractivity contribution is 8.00. The third kappa shape index (κ3) is 4.99. The number of aliphatic hydroxyl groups is 1. The summed E-state index contributed by atoms with van der Waals surface area (Å²) in [5.74, 6) is -0.769. The first-order valence-corrected chi connectivity index (χ1v) is 9.52. The number of fused-ring (bicyclic) bond motifs is 1. The van der Waals surface area contributed by atoms with Crippen LogP contribution in [0.15, 0.2) is 40.8 Å². The quantitative estimate of drug-likeness (QED) is 0.295. The molecule has 28 heavy (non-hydrogen) atoms. The summed E-state index contributed by atoms with van der Waals surface area (Å²) in [5, 5.41) is 12.5. The van der Waals surface area contributed by atoms with Crippen LogP contribution in [-0.4, -0.2) is 51.5 Å². The van der Waals surface area contributed by atoms with Crippen LogP contribution >= 0.6 is 11.8 Å². The second-order valence-electron chi connectivity index (χ2n) is 6.18. The first kappa shape index (κ1) is 21.6. The molecule has 1 heterocycles. The molecule has 0 saturated heterocycles. The van der Waals surface area contributed by atoms with Crippen LogP contribution in [-0.2, 0) is 16.1 Å². The molecule has 2 rings (SSSR count). The molecule has 1 aromatic carbocycles. The Morgan fingerprint density at radius 3 is 2.75 bits per heavy atom. The molecule has 8 nitrogen and oxygen atoms in total. The molecule has 2 N–H and O–H groups in total. The van der Waals surface area contributed by atoms with E-state index in [1.165, 1.54) is 29.9 Å². The molecular weight excluding hydrogens is 382 g/mol. The standard InChI is InChI=1S/C19H23N3O5S/c1-5-8-20-16(24)12(3)28-19-21-15-9-13(18(26)27-4)6-7-14(15)17(25)22(19)10-11(2)23/h5-7,9,11-12,23H,1,8,10H2,2-4H3,(H,20,24)/t11-,12-/m1/s1. The van der Waals surface area contributed by atoms with Crippen LogP contribution in [0.4, 0.5) is 0 Å². The van der Waals surface area contributed by atoms with Gasteiger partial charge in [-0.15, -0.1) is 6.58 Å². The fraction of sp³-hybridized carbons (Fsp3) is 0.368. The lowest BCUT2D eigenvalue weighted by atomic mass is 10.1. The SMILES string of the molecule is C=CCNC(=O)[C@@H](C)Sc1nc2cc(C(=O)OC)ccc2c(=O)n1C[C@@H](C)O. The summed E-state index contributed by atoms with van der Waals surface area (Å²) in [6, 6.07) is 4.47. The van der Waals surface area contributed by atoms with Gasteiger partial charge in [0, 0.05) is 6.54 Å². The molecule has 0 aliphatic rings. The molecule has 0 bridgehead atoms. The van der Waals surface area contributed by atoms with E-state index in [-0.39, 0.29) is 28.7 Å². The van der Waals surface area contributed by atoms with E-state index < -0.39 is 17.3 Å². The minimum atomic E-state index is -0.782. The largest absolute Gasteiger partial charge is 0.465 e.